The lowest BCUT2D eigenvalue weighted by molar-refractivity contribution is 0.554. The molecule has 0 amide bonds. The molecule has 0 unspecified atom stereocenters. The molecular weight excluding hydrogens is 86.9 g/mol. The zero-order valence-electron chi connectivity index (χ0n) is 5.31. The van der Waals surface area contributed by atoms with Crippen molar-refractivity contribution < 1.29 is 5.02 Å². The van der Waals surface area contributed by atoms with E-state index in [1.807, 2.05) is 6.82 Å². The van der Waals surface area contributed by atoms with E-state index < -0.39 is 0 Å². The second-order valence-corrected chi connectivity index (χ2v) is 2.48. The van der Waals surface area contributed by atoms with Crippen LogP contribution >= 0.6 is 0 Å². The summed E-state index contributed by atoms with van der Waals surface area (Å²) in [6.07, 6.45) is 0.917. The number of hydrogen-bond acceptors (Lipinski definition) is 1. The molecule has 0 heterocycles. The van der Waals surface area contributed by atoms with Crippen LogP contribution in [0.4, 0.5) is 0 Å². The Hall–Kier alpha value is 0.0249. The molecule has 1 N–H and O–H groups in total. The van der Waals surface area contributed by atoms with E-state index in [4.69, 9.17) is 5.02 Å². The Morgan fingerprint density at radius 3 is 2.00 bits per heavy atom. The predicted molar refractivity (Wildman–Crippen MR) is 33.5 cm³/mol. The second-order valence-electron chi connectivity index (χ2n) is 2.48. The first-order valence-corrected chi connectivity index (χ1v) is 2.81. The van der Waals surface area contributed by atoms with E-state index in [1.165, 1.54) is 0 Å². The third-order valence-electron chi connectivity index (χ3n) is 0.813. The first-order chi connectivity index (χ1) is 3.13. The van der Waals surface area contributed by atoms with Gasteiger partial charge < -0.3 is 5.02 Å². The normalized spacial score (nSPS) is 9.86. The van der Waals surface area contributed by atoms with E-state index >= 15 is 0 Å². The zero-order chi connectivity index (χ0) is 5.86. The molecule has 0 radical (unpaired) electrons. The monoisotopic (exact) mass is 100 g/mol. The lowest BCUT2D eigenvalue weighted by Crippen LogP contribution is -2.07. The van der Waals surface area contributed by atoms with E-state index in [-0.39, 0.29) is 6.92 Å². The maximum Gasteiger partial charge on any atom is 0.286 e. The molecule has 0 aromatic heterocycles. The van der Waals surface area contributed by atoms with Crippen LogP contribution in [0.2, 0.25) is 13.1 Å². The van der Waals surface area contributed by atoms with Crippen LogP contribution in [0.15, 0.2) is 0 Å². The van der Waals surface area contributed by atoms with E-state index in [9.17, 15) is 0 Å². The highest BCUT2D eigenvalue weighted by molar-refractivity contribution is 6.48. The molecular formula is C5H13BO. The third-order valence-corrected chi connectivity index (χ3v) is 0.813. The van der Waals surface area contributed by atoms with Crippen molar-refractivity contribution in [3.63, 3.8) is 0 Å². The molecule has 0 aliphatic heterocycles. The Labute approximate surface area is 45.9 Å². The molecule has 0 aromatic rings. The van der Waals surface area contributed by atoms with E-state index in [0.29, 0.717) is 5.92 Å². The first-order valence-electron chi connectivity index (χ1n) is 2.81. The van der Waals surface area contributed by atoms with Crippen LogP contribution in [0.3, 0.4) is 0 Å². The third kappa shape index (κ3) is 6.02. The van der Waals surface area contributed by atoms with Crippen molar-refractivity contribution in [3.8, 4) is 0 Å². The van der Waals surface area contributed by atoms with Crippen molar-refractivity contribution in [3.05, 3.63) is 0 Å². The molecule has 0 saturated carbocycles. The summed E-state index contributed by atoms with van der Waals surface area (Å²) in [6.45, 7) is 5.90. The van der Waals surface area contributed by atoms with Crippen molar-refractivity contribution in [1.82, 2.24) is 0 Å². The molecule has 0 spiro atoms. The first kappa shape index (κ1) is 7.02. The summed E-state index contributed by atoms with van der Waals surface area (Å²) in [6, 6.07) is 0. The fraction of sp³-hybridized carbons (Fsp3) is 1.00. The van der Waals surface area contributed by atoms with Gasteiger partial charge in [0.2, 0.25) is 0 Å². The lowest BCUT2D eigenvalue weighted by atomic mass is 9.65. The highest BCUT2D eigenvalue weighted by Gasteiger charge is 2.03. The van der Waals surface area contributed by atoms with Gasteiger partial charge in [-0.15, -0.1) is 0 Å². The summed E-state index contributed by atoms with van der Waals surface area (Å²) in [4.78, 5) is 0. The van der Waals surface area contributed by atoms with Crippen molar-refractivity contribution in [2.24, 2.45) is 5.92 Å². The van der Waals surface area contributed by atoms with E-state index in [0.717, 1.165) is 6.32 Å². The molecule has 0 aliphatic carbocycles. The number of hydrogen-bond donors (Lipinski definition) is 1. The molecule has 2 heteroatoms. The molecule has 0 rings (SSSR count). The summed E-state index contributed by atoms with van der Waals surface area (Å²) < 4.78 is 0. The fourth-order valence-electron chi connectivity index (χ4n) is 0.682. The van der Waals surface area contributed by atoms with Gasteiger partial charge in [0.05, 0.1) is 0 Å². The zero-order valence-corrected chi connectivity index (χ0v) is 5.31. The lowest BCUT2D eigenvalue weighted by Gasteiger charge is -2.01. The van der Waals surface area contributed by atoms with Crippen LogP contribution in [-0.4, -0.2) is 11.9 Å². The van der Waals surface area contributed by atoms with Crippen LogP contribution in [0.25, 0.3) is 0 Å². The van der Waals surface area contributed by atoms with Gasteiger partial charge in [0.15, 0.2) is 0 Å². The largest absolute Gasteiger partial charge is 0.451 e. The Morgan fingerprint density at radius 2 is 2.00 bits per heavy atom. The average molecular weight is 100.0 g/mol. The van der Waals surface area contributed by atoms with Gasteiger partial charge in [-0.05, 0) is 6.32 Å². The number of rotatable bonds is 2. The second kappa shape index (κ2) is 3.08. The van der Waals surface area contributed by atoms with E-state index in [1.54, 1.807) is 0 Å². The van der Waals surface area contributed by atoms with Gasteiger partial charge in [0, 0.05) is 0 Å². The van der Waals surface area contributed by atoms with Crippen LogP contribution < -0.4 is 0 Å². The maximum atomic E-state index is 8.72. The Balaban J connectivity index is 2.95. The molecule has 0 fully saturated rings. The molecule has 0 bridgehead atoms. The quantitative estimate of drug-likeness (QED) is 0.518. The summed E-state index contributed by atoms with van der Waals surface area (Å²) in [5.74, 6) is 0.625. The molecule has 1 nitrogen and oxygen atoms in total. The SMILES string of the molecule is CB(O)CC(C)C. The van der Waals surface area contributed by atoms with Gasteiger partial charge in [-0.1, -0.05) is 26.6 Å². The minimum atomic E-state index is -0.125. The minimum absolute atomic E-state index is 0.125. The van der Waals surface area contributed by atoms with Gasteiger partial charge in [0.25, 0.3) is 6.92 Å². The predicted octanol–water partition coefficient (Wildman–Crippen LogP) is 1.26. The van der Waals surface area contributed by atoms with Gasteiger partial charge in [-0.3, -0.25) is 0 Å². The summed E-state index contributed by atoms with van der Waals surface area (Å²) in [7, 11) is 0. The van der Waals surface area contributed by atoms with Crippen molar-refractivity contribution in [1.29, 1.82) is 0 Å². The summed E-state index contributed by atoms with van der Waals surface area (Å²) >= 11 is 0. The minimum Gasteiger partial charge on any atom is -0.451 e. The van der Waals surface area contributed by atoms with Gasteiger partial charge in [-0.2, -0.15) is 0 Å². The smallest absolute Gasteiger partial charge is 0.286 e. The topological polar surface area (TPSA) is 20.2 Å². The van der Waals surface area contributed by atoms with Crippen LogP contribution in [0.1, 0.15) is 13.8 Å². The van der Waals surface area contributed by atoms with E-state index in [2.05, 4.69) is 13.8 Å². The van der Waals surface area contributed by atoms with Crippen LogP contribution in [0, 0.1) is 5.92 Å². The Bertz CT molecular complexity index is 37.3. The Morgan fingerprint density at radius 1 is 1.57 bits per heavy atom. The molecule has 7 heavy (non-hydrogen) atoms. The van der Waals surface area contributed by atoms with Crippen molar-refractivity contribution in [2.45, 2.75) is 27.0 Å². The molecule has 42 valence electrons. The molecule has 0 aliphatic rings. The highest BCUT2D eigenvalue weighted by atomic mass is 16.2. The average Bonchev–Trinajstić information content (AvgIpc) is 1.27. The highest BCUT2D eigenvalue weighted by Crippen LogP contribution is 2.01. The fourth-order valence-corrected chi connectivity index (χ4v) is 0.682. The van der Waals surface area contributed by atoms with Gasteiger partial charge >= 0.3 is 0 Å². The van der Waals surface area contributed by atoms with Crippen LogP contribution in [0.5, 0.6) is 0 Å². The van der Waals surface area contributed by atoms with Crippen LogP contribution in [-0.2, 0) is 0 Å². The Kier molecular flexibility index (Phi) is 3.09. The standard InChI is InChI=1S/C5H13BO/c1-5(2)4-6(3)7/h5,7H,4H2,1-3H3. The maximum absolute atomic E-state index is 8.72. The van der Waals surface area contributed by atoms with Gasteiger partial charge in [-0.25, -0.2) is 0 Å². The summed E-state index contributed by atoms with van der Waals surface area (Å²) in [5, 5.41) is 8.72. The molecule has 0 aromatic carbocycles. The van der Waals surface area contributed by atoms with Gasteiger partial charge in [0.1, 0.15) is 0 Å². The molecule has 0 saturated heterocycles. The van der Waals surface area contributed by atoms with Crippen molar-refractivity contribution in [2.75, 3.05) is 0 Å². The summed E-state index contributed by atoms with van der Waals surface area (Å²) in [5.41, 5.74) is 0. The molecule has 0 atom stereocenters. The van der Waals surface area contributed by atoms with Crippen molar-refractivity contribution >= 4 is 6.92 Å².